The first kappa shape index (κ1) is 56.7. The average molecular weight is 1150 g/mol. The summed E-state index contributed by atoms with van der Waals surface area (Å²) < 4.78 is 111. The second kappa shape index (κ2) is 21.7. The van der Waals surface area contributed by atoms with E-state index in [-0.39, 0.29) is 41.1 Å². The fourth-order valence-electron chi connectivity index (χ4n) is 8.34. The van der Waals surface area contributed by atoms with Crippen LogP contribution < -0.4 is 52.8 Å². The molecule has 41 heteroatoms. The summed E-state index contributed by atoms with van der Waals surface area (Å²) in [6.45, 7) is -0.495. The third-order valence-electron chi connectivity index (χ3n) is 11.4. The highest BCUT2D eigenvalue weighted by molar-refractivity contribution is 7.65. The average Bonchev–Trinajstić information content (AvgIpc) is 4.10. The van der Waals surface area contributed by atoms with Crippen LogP contribution in [0.15, 0.2) is 33.2 Å². The third kappa shape index (κ3) is 12.3. The summed E-state index contributed by atoms with van der Waals surface area (Å²) >= 11 is 0. The molecular weight excluding hydrogens is 1100 g/mol. The number of methoxy groups -OCH3 is 1. The van der Waals surface area contributed by atoms with Crippen molar-refractivity contribution in [2.75, 3.05) is 61.9 Å². The predicted molar refractivity (Wildman–Crippen MR) is 238 cm³/mol. The zero-order valence-corrected chi connectivity index (χ0v) is 42.5. The van der Waals surface area contributed by atoms with Crippen LogP contribution in [0.5, 0.6) is 0 Å². The molecule has 7 unspecified atom stereocenters. The number of rotatable bonds is 21. The van der Waals surface area contributed by atoms with E-state index in [4.69, 9.17) is 48.7 Å². The maximum absolute atomic E-state index is 13.8. The molecule has 0 radical (unpaired) electrons. The molecule has 16 atom stereocenters. The first-order valence-corrected chi connectivity index (χ1v) is 27.5. The largest absolute Gasteiger partial charge is 0.756 e. The third-order valence-corrected chi connectivity index (χ3v) is 16.5. The van der Waals surface area contributed by atoms with E-state index in [1.807, 2.05) is 4.98 Å². The summed E-state index contributed by atoms with van der Waals surface area (Å²) in [5.41, 5.74) is 9.07. The van der Waals surface area contributed by atoms with Crippen molar-refractivity contribution < 1.29 is 104 Å². The van der Waals surface area contributed by atoms with Crippen LogP contribution in [-0.2, 0) is 68.7 Å². The normalized spacial score (nSPS) is 31.1. The van der Waals surface area contributed by atoms with Crippen LogP contribution in [0.4, 0.5) is 23.3 Å². The van der Waals surface area contributed by atoms with E-state index in [2.05, 4.69) is 44.1 Å². The van der Waals surface area contributed by atoms with Gasteiger partial charge >= 0.3 is 13.5 Å². The van der Waals surface area contributed by atoms with E-state index >= 15 is 0 Å². The maximum atomic E-state index is 13.8. The first-order chi connectivity index (χ1) is 35.1. The Bertz CT molecular complexity index is 3130. The molecule has 37 nitrogen and oxygen atoms in total. The number of phosphoric ester groups is 3. The van der Waals surface area contributed by atoms with Crippen molar-refractivity contribution in [2.24, 2.45) is 0 Å². The Morgan fingerprint density at radius 3 is 2.09 bits per heavy atom. The number of nitrogen functional groups attached to an aromatic ring is 2. The van der Waals surface area contributed by atoms with E-state index in [1.165, 1.54) is 21.4 Å². The number of imidazole rings is 1. The Morgan fingerprint density at radius 1 is 0.813 bits per heavy atom. The predicted octanol–water partition coefficient (Wildman–Crippen LogP) is -5.28. The SMILES string of the molecule is CO[C@H]1C(OP(=O)(O)OC[C@H]2O[C@@H](n3c[c-]c(=O)[nH]c3=O)[C@@H](O)C2OC(C)C)[C@@H](COP(=O)([O-])OP(=O)([O-])OP(=O)([O-])OC[C@H]2O[C@@H](N3CN(C)c4c3nc(N)[nH]c4=O)C(O)[C@H]2O)O[C@H]1n1cnc2c(N)ncnc21. The molecule has 10 N–H and O–H groups in total. The first-order valence-electron chi connectivity index (χ1n) is 21.6. The van der Waals surface area contributed by atoms with Crippen LogP contribution in [0.2, 0.25) is 0 Å². The number of aliphatic hydroxyl groups is 3. The molecule has 0 saturated carbocycles. The van der Waals surface area contributed by atoms with Crippen molar-refractivity contribution >= 4 is 65.7 Å². The lowest BCUT2D eigenvalue weighted by Crippen LogP contribution is -2.45. The molecule has 4 aromatic rings. The number of H-pyrrole nitrogens is 2. The number of ether oxygens (including phenoxy) is 5. The monoisotopic (exact) mass is 1150 g/mol. The van der Waals surface area contributed by atoms with Gasteiger partial charge in [0.15, 0.2) is 36.0 Å². The Labute approximate surface area is 419 Å². The van der Waals surface area contributed by atoms with E-state index in [1.54, 1.807) is 13.8 Å². The summed E-state index contributed by atoms with van der Waals surface area (Å²) in [6.07, 6.45) is -17.4. The van der Waals surface area contributed by atoms with Crippen LogP contribution in [-0.4, -0.2) is 167 Å². The number of nitrogens with two attached hydrogens (primary N) is 2. The summed E-state index contributed by atoms with van der Waals surface area (Å²) in [4.78, 5) is 109. The number of hydrogen-bond donors (Lipinski definition) is 8. The Kier molecular flexibility index (Phi) is 16.4. The molecular formula is C34H46N12O25P4-4. The second-order valence-electron chi connectivity index (χ2n) is 16.9. The van der Waals surface area contributed by atoms with Crippen LogP contribution >= 0.6 is 31.3 Å². The van der Waals surface area contributed by atoms with Crippen molar-refractivity contribution in [3.63, 3.8) is 0 Å². The molecule has 0 amide bonds. The number of aromatic amines is 2. The fourth-order valence-corrected chi connectivity index (χ4v) is 12.7. The lowest BCUT2D eigenvalue weighted by Gasteiger charge is -2.35. The number of aromatic nitrogens is 8. The van der Waals surface area contributed by atoms with Crippen molar-refractivity contribution in [1.29, 1.82) is 0 Å². The Morgan fingerprint density at radius 2 is 1.44 bits per heavy atom. The molecule has 8 rings (SSSR count). The molecule has 0 bridgehead atoms. The van der Waals surface area contributed by atoms with Crippen molar-refractivity contribution in [3.05, 3.63) is 56.1 Å². The van der Waals surface area contributed by atoms with E-state index in [9.17, 15) is 67.5 Å². The van der Waals surface area contributed by atoms with Gasteiger partial charge in [0.1, 0.15) is 72.5 Å². The minimum atomic E-state index is -6.57. The van der Waals surface area contributed by atoms with Gasteiger partial charge in [-0.1, -0.05) is 0 Å². The van der Waals surface area contributed by atoms with Crippen LogP contribution in [0.25, 0.3) is 11.2 Å². The summed E-state index contributed by atoms with van der Waals surface area (Å²) in [5.74, 6) is -0.481. The molecule has 4 aliphatic rings. The van der Waals surface area contributed by atoms with Gasteiger partial charge in [-0.25, -0.2) is 32.9 Å². The Hall–Kier alpha value is -4.49. The minimum Gasteiger partial charge on any atom is -0.756 e. The van der Waals surface area contributed by atoms with Gasteiger partial charge in [0.05, 0.1) is 44.5 Å². The van der Waals surface area contributed by atoms with Crippen LogP contribution in [0.1, 0.15) is 26.3 Å². The van der Waals surface area contributed by atoms with Gasteiger partial charge in [-0.3, -0.25) is 37.1 Å². The van der Waals surface area contributed by atoms with E-state index in [0.717, 1.165) is 30.5 Å². The number of anilines is 4. The van der Waals surface area contributed by atoms with Crippen molar-refractivity contribution in [3.8, 4) is 0 Å². The lowest BCUT2D eigenvalue weighted by atomic mass is 10.1. The highest BCUT2D eigenvalue weighted by atomic mass is 31.3. The highest BCUT2D eigenvalue weighted by Crippen LogP contribution is 2.63. The summed E-state index contributed by atoms with van der Waals surface area (Å²) in [7, 11) is -22.0. The molecule has 4 aliphatic heterocycles. The zero-order chi connectivity index (χ0) is 54.7. The van der Waals surface area contributed by atoms with E-state index in [0.29, 0.717) is 0 Å². The molecule has 75 heavy (non-hydrogen) atoms. The molecule has 416 valence electrons. The van der Waals surface area contributed by atoms with Crippen molar-refractivity contribution in [2.45, 2.75) is 93.6 Å². The molecule has 0 aliphatic carbocycles. The summed E-state index contributed by atoms with van der Waals surface area (Å²) in [5, 5.41) is 32.6. The second-order valence-corrected chi connectivity index (χ2v) is 22.8. The number of aliphatic hydroxyl groups excluding tert-OH is 3. The molecule has 3 saturated heterocycles. The molecule has 8 heterocycles. The minimum absolute atomic E-state index is 0.0111. The quantitative estimate of drug-likeness (QED) is 0.0285. The number of hydrogen-bond acceptors (Lipinski definition) is 32. The lowest BCUT2D eigenvalue weighted by molar-refractivity contribution is -0.252. The smallest absolute Gasteiger partial charge is 0.472 e. The number of nitrogens with one attached hydrogen (secondary N) is 2. The van der Waals surface area contributed by atoms with Crippen LogP contribution in [0.3, 0.4) is 0 Å². The van der Waals surface area contributed by atoms with Gasteiger partial charge in [-0.05, 0) is 13.8 Å². The number of nitrogens with zero attached hydrogens (tertiary/aromatic N) is 8. The summed E-state index contributed by atoms with van der Waals surface area (Å²) in [6, 6.07) is 2.21. The topological polar surface area (TPSA) is 523 Å². The van der Waals surface area contributed by atoms with Gasteiger partial charge in [-0.2, -0.15) is 11.2 Å². The molecule has 0 spiro atoms. The van der Waals surface area contributed by atoms with Gasteiger partial charge in [-0.15, -0.1) is 0 Å². The molecule has 0 aromatic carbocycles. The maximum Gasteiger partial charge on any atom is 0.472 e. The standard InChI is InChI=1S/C34H49N12O25P4/c1-13(2)65-23-15(67-31(22(23)50)44-6-5-17(47)40-34(44)52)8-62-72(53,54)69-24-16(68-32(25(24)61-4)45-11-39-18-26(35)37-10-38-27(18)45)9-64-74(57,58)71-75(59,60)70-73(55,56)63-7-14-20(48)21(49)30(66-14)46-12-43(3)19-28(46)41-33(36)42-29(19)51/h6,10-11,13-16,20-25,30-32,48-50H,7-9,12H2,1-4H3,(H,53,54)(H,55,56)(H,57,58)(H,59,60)(H2,35,37,38)(H,40,47,52)(H3,36,41,42,51)/q-1/p-3/t14-,15-,16-,20+,21?,22+,23?,24?,25+,30-,31-,32-/m1/s1. The molecule has 4 aromatic heterocycles. The molecule has 3 fully saturated rings. The Balaban J connectivity index is 0.937. The van der Waals surface area contributed by atoms with Gasteiger partial charge in [0.25, 0.3) is 29.0 Å². The van der Waals surface area contributed by atoms with Gasteiger partial charge in [0, 0.05) is 14.2 Å². The van der Waals surface area contributed by atoms with Crippen LogP contribution in [0, 0.1) is 6.07 Å². The number of fused-ring (bicyclic) bond motifs is 2. The number of phosphoric acid groups is 4. The van der Waals surface area contributed by atoms with E-state index < -0.39 is 148 Å². The van der Waals surface area contributed by atoms with Crippen molar-refractivity contribution in [1.82, 2.24) is 39.0 Å². The van der Waals surface area contributed by atoms with Gasteiger partial charge < -0.3 is 109 Å². The highest BCUT2D eigenvalue weighted by Gasteiger charge is 2.53. The fraction of sp³-hybridized carbons (Fsp3) is 0.618. The zero-order valence-electron chi connectivity index (χ0n) is 38.9. The van der Waals surface area contributed by atoms with Gasteiger partial charge in [0.2, 0.25) is 5.95 Å².